The molecular formula is C20H26ClN3O3. The van der Waals surface area contributed by atoms with E-state index in [0.717, 1.165) is 5.56 Å². The van der Waals surface area contributed by atoms with Gasteiger partial charge in [-0.05, 0) is 29.7 Å². The lowest BCUT2D eigenvalue weighted by molar-refractivity contribution is -0.127. The number of hydrogen-bond acceptors (Lipinski definition) is 4. The smallest absolute Gasteiger partial charge is 0.247 e. The molecule has 0 saturated heterocycles. The minimum atomic E-state index is -0.644. The fourth-order valence-corrected chi connectivity index (χ4v) is 2.57. The SMILES string of the molecule is COc1ccc(NC(=O)C(NC(=O)Cc2ccccc2)C(C)C)cc1N.Cl. The summed E-state index contributed by atoms with van der Waals surface area (Å²) in [6.07, 6.45) is 0.229. The molecule has 2 amide bonds. The van der Waals surface area contributed by atoms with Crippen molar-refractivity contribution in [2.24, 2.45) is 5.92 Å². The maximum absolute atomic E-state index is 12.6. The third-order valence-corrected chi connectivity index (χ3v) is 3.97. The van der Waals surface area contributed by atoms with Gasteiger partial charge in [-0.3, -0.25) is 9.59 Å². The molecule has 7 heteroatoms. The van der Waals surface area contributed by atoms with Crippen LogP contribution in [0.4, 0.5) is 11.4 Å². The van der Waals surface area contributed by atoms with Crippen molar-refractivity contribution in [2.45, 2.75) is 26.3 Å². The fraction of sp³-hybridized carbons (Fsp3) is 0.300. The number of benzene rings is 2. The minimum absolute atomic E-state index is 0. The molecule has 4 N–H and O–H groups in total. The predicted molar refractivity (Wildman–Crippen MR) is 110 cm³/mol. The first-order valence-corrected chi connectivity index (χ1v) is 8.48. The minimum Gasteiger partial charge on any atom is -0.495 e. The Kier molecular flexibility index (Phi) is 8.62. The van der Waals surface area contributed by atoms with E-state index in [-0.39, 0.29) is 36.6 Å². The van der Waals surface area contributed by atoms with E-state index in [1.54, 1.807) is 18.2 Å². The lowest BCUT2D eigenvalue weighted by Crippen LogP contribution is -2.47. The van der Waals surface area contributed by atoms with Crippen LogP contribution in [0.5, 0.6) is 5.75 Å². The van der Waals surface area contributed by atoms with Crippen molar-refractivity contribution >= 4 is 35.6 Å². The summed E-state index contributed by atoms with van der Waals surface area (Å²) < 4.78 is 5.11. The molecule has 0 aliphatic heterocycles. The molecule has 146 valence electrons. The van der Waals surface area contributed by atoms with E-state index in [0.29, 0.717) is 17.1 Å². The van der Waals surface area contributed by atoms with Crippen LogP contribution in [0.25, 0.3) is 0 Å². The number of methoxy groups -OCH3 is 1. The first-order chi connectivity index (χ1) is 12.4. The molecule has 1 unspecified atom stereocenters. The Hall–Kier alpha value is -2.73. The number of halogens is 1. The van der Waals surface area contributed by atoms with Crippen LogP contribution in [0.1, 0.15) is 19.4 Å². The number of nitrogen functional groups attached to an aromatic ring is 1. The summed E-state index contributed by atoms with van der Waals surface area (Å²) in [4.78, 5) is 24.9. The van der Waals surface area contributed by atoms with Crippen LogP contribution >= 0.6 is 12.4 Å². The van der Waals surface area contributed by atoms with Crippen molar-refractivity contribution < 1.29 is 14.3 Å². The maximum atomic E-state index is 12.6. The van der Waals surface area contributed by atoms with E-state index in [1.807, 2.05) is 44.2 Å². The highest BCUT2D eigenvalue weighted by Gasteiger charge is 2.24. The van der Waals surface area contributed by atoms with Crippen LogP contribution in [0.15, 0.2) is 48.5 Å². The van der Waals surface area contributed by atoms with Gasteiger partial charge in [-0.1, -0.05) is 44.2 Å². The summed E-state index contributed by atoms with van der Waals surface area (Å²) in [6, 6.07) is 13.8. The van der Waals surface area contributed by atoms with Crippen molar-refractivity contribution in [1.29, 1.82) is 0 Å². The number of nitrogens with two attached hydrogens (primary N) is 1. The zero-order valence-electron chi connectivity index (χ0n) is 15.7. The number of rotatable bonds is 7. The summed E-state index contributed by atoms with van der Waals surface area (Å²) in [6.45, 7) is 3.77. The van der Waals surface area contributed by atoms with Gasteiger partial charge in [0.1, 0.15) is 11.8 Å². The molecule has 0 aliphatic rings. The van der Waals surface area contributed by atoms with E-state index in [2.05, 4.69) is 10.6 Å². The number of carbonyl (C=O) groups is 2. The second-order valence-corrected chi connectivity index (χ2v) is 6.40. The number of hydrogen-bond donors (Lipinski definition) is 3. The summed E-state index contributed by atoms with van der Waals surface area (Å²) in [5, 5.41) is 5.61. The van der Waals surface area contributed by atoms with Gasteiger partial charge in [-0.2, -0.15) is 0 Å². The third-order valence-electron chi connectivity index (χ3n) is 3.97. The Bertz CT molecular complexity index is 766. The highest BCUT2D eigenvalue weighted by Crippen LogP contribution is 2.24. The first-order valence-electron chi connectivity index (χ1n) is 8.48. The number of ether oxygens (including phenoxy) is 1. The van der Waals surface area contributed by atoms with Crippen LogP contribution in [0.2, 0.25) is 0 Å². The number of nitrogens with one attached hydrogen (secondary N) is 2. The van der Waals surface area contributed by atoms with Crippen LogP contribution in [-0.2, 0) is 16.0 Å². The second kappa shape index (κ2) is 10.4. The highest BCUT2D eigenvalue weighted by molar-refractivity contribution is 5.98. The van der Waals surface area contributed by atoms with Crippen molar-refractivity contribution in [2.75, 3.05) is 18.2 Å². The summed E-state index contributed by atoms with van der Waals surface area (Å²) in [5.74, 6) is -0.00448. The summed E-state index contributed by atoms with van der Waals surface area (Å²) in [5.41, 5.74) is 7.75. The molecule has 2 aromatic carbocycles. The van der Waals surface area contributed by atoms with E-state index in [1.165, 1.54) is 7.11 Å². The van der Waals surface area contributed by atoms with E-state index < -0.39 is 6.04 Å². The molecule has 27 heavy (non-hydrogen) atoms. The van der Waals surface area contributed by atoms with E-state index in [9.17, 15) is 9.59 Å². The standard InChI is InChI=1S/C20H25N3O3.ClH/c1-13(2)19(23-18(24)11-14-7-5-4-6-8-14)20(25)22-15-9-10-17(26-3)16(21)12-15;/h4-10,12-13,19H,11,21H2,1-3H3,(H,22,25)(H,23,24);1H. The van der Waals surface area contributed by atoms with Crippen LogP contribution < -0.4 is 21.1 Å². The van der Waals surface area contributed by atoms with E-state index >= 15 is 0 Å². The van der Waals surface area contributed by atoms with Gasteiger partial charge in [0.05, 0.1) is 19.2 Å². The Morgan fingerprint density at radius 2 is 1.78 bits per heavy atom. The topological polar surface area (TPSA) is 93.5 Å². The number of carbonyl (C=O) groups excluding carboxylic acids is 2. The van der Waals surface area contributed by atoms with E-state index in [4.69, 9.17) is 10.5 Å². The molecule has 0 bridgehead atoms. The van der Waals surface area contributed by atoms with Gasteiger partial charge in [0.2, 0.25) is 11.8 Å². The maximum Gasteiger partial charge on any atom is 0.247 e. The van der Waals surface area contributed by atoms with Gasteiger partial charge in [0.15, 0.2) is 0 Å². The monoisotopic (exact) mass is 391 g/mol. The molecule has 0 saturated carbocycles. The highest BCUT2D eigenvalue weighted by atomic mass is 35.5. The van der Waals surface area contributed by atoms with Gasteiger partial charge in [0, 0.05) is 5.69 Å². The second-order valence-electron chi connectivity index (χ2n) is 6.40. The zero-order valence-corrected chi connectivity index (χ0v) is 16.5. The van der Waals surface area contributed by atoms with Crippen molar-refractivity contribution in [3.8, 4) is 5.75 Å². The molecule has 0 spiro atoms. The van der Waals surface area contributed by atoms with Crippen molar-refractivity contribution in [3.63, 3.8) is 0 Å². The van der Waals surface area contributed by atoms with Crippen molar-refractivity contribution in [1.82, 2.24) is 5.32 Å². The average Bonchev–Trinajstić information content (AvgIpc) is 2.60. The molecule has 2 rings (SSSR count). The Balaban J connectivity index is 0.00000364. The Morgan fingerprint density at radius 1 is 1.11 bits per heavy atom. The van der Waals surface area contributed by atoms with Gasteiger partial charge >= 0.3 is 0 Å². The largest absolute Gasteiger partial charge is 0.495 e. The number of amides is 2. The fourth-order valence-electron chi connectivity index (χ4n) is 2.57. The van der Waals surface area contributed by atoms with Gasteiger partial charge in [0.25, 0.3) is 0 Å². The third kappa shape index (κ3) is 6.49. The Morgan fingerprint density at radius 3 is 2.33 bits per heavy atom. The average molecular weight is 392 g/mol. The quantitative estimate of drug-likeness (QED) is 0.632. The summed E-state index contributed by atoms with van der Waals surface area (Å²) in [7, 11) is 1.53. The molecule has 0 aromatic heterocycles. The Labute approximate surface area is 165 Å². The molecular weight excluding hydrogens is 366 g/mol. The molecule has 1 atom stereocenters. The number of anilines is 2. The summed E-state index contributed by atoms with van der Waals surface area (Å²) >= 11 is 0. The molecule has 2 aromatic rings. The predicted octanol–water partition coefficient (Wildman–Crippen LogP) is 3.02. The lowest BCUT2D eigenvalue weighted by atomic mass is 10.0. The van der Waals surface area contributed by atoms with Gasteiger partial charge < -0.3 is 21.1 Å². The first kappa shape index (κ1) is 22.3. The molecule has 0 fully saturated rings. The molecule has 6 nitrogen and oxygen atoms in total. The normalized spacial score (nSPS) is 11.3. The van der Waals surface area contributed by atoms with Crippen LogP contribution in [0, 0.1) is 5.92 Å². The molecule has 0 heterocycles. The van der Waals surface area contributed by atoms with Crippen LogP contribution in [-0.4, -0.2) is 25.0 Å². The molecule has 0 radical (unpaired) electrons. The molecule has 0 aliphatic carbocycles. The lowest BCUT2D eigenvalue weighted by Gasteiger charge is -2.22. The van der Waals surface area contributed by atoms with Crippen molar-refractivity contribution in [3.05, 3.63) is 54.1 Å². The zero-order chi connectivity index (χ0) is 19.1. The van der Waals surface area contributed by atoms with Gasteiger partial charge in [-0.25, -0.2) is 0 Å². The van der Waals surface area contributed by atoms with Gasteiger partial charge in [-0.15, -0.1) is 12.4 Å². The van der Waals surface area contributed by atoms with Crippen LogP contribution in [0.3, 0.4) is 0 Å².